The molecule has 0 N–H and O–H groups in total. The molecule has 0 aromatic heterocycles. The standard InChI is InChI=1S/C4H9O.V/c1-4(2)3-5;/h4H,3H2,1-2H3;/q-1;+1. The summed E-state index contributed by atoms with van der Waals surface area (Å²) < 4.78 is 4.74. The molecular formula is C4H9OV. The molecule has 0 saturated carbocycles. The average molecular weight is 124 g/mol. The summed E-state index contributed by atoms with van der Waals surface area (Å²) in [6.07, 6.45) is 0. The van der Waals surface area contributed by atoms with Crippen molar-refractivity contribution < 1.29 is 21.4 Å². The molecule has 0 fully saturated rings. The van der Waals surface area contributed by atoms with Crippen molar-refractivity contribution in [1.82, 2.24) is 0 Å². The molecule has 0 heterocycles. The maximum atomic E-state index is 4.74. The van der Waals surface area contributed by atoms with Crippen LogP contribution >= 0.6 is 0 Å². The molecule has 0 radical (unpaired) electrons. The molecule has 0 aromatic carbocycles. The molecule has 0 aliphatic carbocycles. The minimum atomic E-state index is 0.660. The summed E-state index contributed by atoms with van der Waals surface area (Å²) >= 11 is 2.10. The molecule has 0 unspecified atom stereocenters. The van der Waals surface area contributed by atoms with E-state index in [9.17, 15) is 0 Å². The van der Waals surface area contributed by atoms with Gasteiger partial charge in [-0.25, -0.2) is 0 Å². The minimum absolute atomic E-state index is 0.660. The first-order chi connectivity index (χ1) is 2.77. The van der Waals surface area contributed by atoms with Crippen molar-refractivity contribution in [2.75, 3.05) is 6.61 Å². The van der Waals surface area contributed by atoms with Crippen LogP contribution in [0.4, 0.5) is 0 Å². The van der Waals surface area contributed by atoms with Crippen LogP contribution in [0, 0.1) is 5.92 Å². The van der Waals surface area contributed by atoms with Crippen LogP contribution in [0.2, 0.25) is 0 Å². The zero-order chi connectivity index (χ0) is 4.99. The van der Waals surface area contributed by atoms with E-state index in [0.29, 0.717) is 5.92 Å². The summed E-state index contributed by atoms with van der Waals surface area (Å²) in [5, 5.41) is 0. The molecule has 0 bridgehead atoms. The van der Waals surface area contributed by atoms with E-state index in [4.69, 9.17) is 3.66 Å². The normalized spacial score (nSPS) is 9.83. The fourth-order valence-corrected chi connectivity index (χ4v) is 0.615. The third-order valence-electron chi connectivity index (χ3n) is 0.408. The maximum absolute atomic E-state index is 4.74. The van der Waals surface area contributed by atoms with E-state index < -0.39 is 0 Å². The van der Waals surface area contributed by atoms with Crippen molar-refractivity contribution >= 4 is 0 Å². The summed E-state index contributed by atoms with van der Waals surface area (Å²) in [5.74, 6) is 0.660. The molecule has 1 nitrogen and oxygen atoms in total. The molecule has 0 spiro atoms. The molecule has 6 heavy (non-hydrogen) atoms. The fraction of sp³-hybridized carbons (Fsp3) is 1.00. The van der Waals surface area contributed by atoms with Gasteiger partial charge in [-0.05, 0) is 0 Å². The second-order valence-corrected chi connectivity index (χ2v) is 2.09. The first-order valence-electron chi connectivity index (χ1n) is 2.03. The Morgan fingerprint density at radius 3 is 2.17 bits per heavy atom. The molecule has 0 saturated heterocycles. The van der Waals surface area contributed by atoms with Gasteiger partial charge in [-0.2, -0.15) is 0 Å². The predicted molar refractivity (Wildman–Crippen MR) is 20.8 cm³/mol. The van der Waals surface area contributed by atoms with Crippen LogP contribution in [0.15, 0.2) is 0 Å². The van der Waals surface area contributed by atoms with Gasteiger partial charge in [0.1, 0.15) is 0 Å². The topological polar surface area (TPSA) is 9.23 Å². The Kier molecular flexibility index (Phi) is 4.06. The molecule has 0 atom stereocenters. The monoisotopic (exact) mass is 124 g/mol. The third-order valence-corrected chi connectivity index (χ3v) is 0.641. The van der Waals surface area contributed by atoms with Crippen molar-refractivity contribution in [3.63, 3.8) is 0 Å². The van der Waals surface area contributed by atoms with Gasteiger partial charge in [0.15, 0.2) is 0 Å². The quantitative estimate of drug-likeness (QED) is 0.536. The molecule has 0 aliphatic heterocycles. The van der Waals surface area contributed by atoms with Gasteiger partial charge in [0.25, 0.3) is 0 Å². The van der Waals surface area contributed by atoms with Crippen LogP contribution in [0.25, 0.3) is 0 Å². The van der Waals surface area contributed by atoms with E-state index in [0.717, 1.165) is 6.61 Å². The Hall–Kier alpha value is 0.544. The van der Waals surface area contributed by atoms with Crippen molar-refractivity contribution in [3.05, 3.63) is 0 Å². The molecule has 36 valence electrons. The van der Waals surface area contributed by atoms with Crippen LogP contribution in [0.3, 0.4) is 0 Å². The summed E-state index contributed by atoms with van der Waals surface area (Å²) in [7, 11) is 0. The molecule has 0 aliphatic rings. The third kappa shape index (κ3) is 4.54. The second kappa shape index (κ2) is 3.72. The zero-order valence-electron chi connectivity index (χ0n) is 4.14. The van der Waals surface area contributed by atoms with Gasteiger partial charge in [0.2, 0.25) is 0 Å². The van der Waals surface area contributed by atoms with E-state index in [1.54, 1.807) is 0 Å². The predicted octanol–water partition coefficient (Wildman–Crippen LogP) is 1.12. The van der Waals surface area contributed by atoms with Crippen LogP contribution < -0.4 is 0 Å². The SMILES string of the molecule is CC(C)C[O][V]. The molecule has 0 aromatic rings. The van der Waals surface area contributed by atoms with Crippen molar-refractivity contribution in [3.8, 4) is 0 Å². The molecular weight excluding hydrogens is 115 g/mol. The molecule has 0 amide bonds. The summed E-state index contributed by atoms with van der Waals surface area (Å²) in [5.41, 5.74) is 0. The van der Waals surface area contributed by atoms with E-state index in [1.165, 1.54) is 0 Å². The summed E-state index contributed by atoms with van der Waals surface area (Å²) in [6.45, 7) is 5.08. The van der Waals surface area contributed by atoms with Crippen LogP contribution in [-0.4, -0.2) is 6.61 Å². The van der Waals surface area contributed by atoms with Gasteiger partial charge >= 0.3 is 47.8 Å². The van der Waals surface area contributed by atoms with Crippen LogP contribution in [-0.2, 0) is 21.4 Å². The van der Waals surface area contributed by atoms with Crippen LogP contribution in [0.5, 0.6) is 0 Å². The van der Waals surface area contributed by atoms with Gasteiger partial charge in [-0.15, -0.1) is 0 Å². The Morgan fingerprint density at radius 2 is 2.17 bits per heavy atom. The second-order valence-electron chi connectivity index (χ2n) is 1.69. The first kappa shape index (κ1) is 6.54. The van der Waals surface area contributed by atoms with Gasteiger partial charge in [-0.3, -0.25) is 0 Å². The van der Waals surface area contributed by atoms with Gasteiger partial charge < -0.3 is 0 Å². The average Bonchev–Trinajstić information content (AvgIpc) is 1.35. The number of hydrogen-bond acceptors (Lipinski definition) is 1. The molecule has 0 rings (SSSR count). The molecule has 2 heteroatoms. The van der Waals surface area contributed by atoms with Crippen molar-refractivity contribution in [2.24, 2.45) is 5.92 Å². The zero-order valence-corrected chi connectivity index (χ0v) is 5.54. The number of hydrogen-bond donors (Lipinski definition) is 0. The first-order valence-corrected chi connectivity index (χ1v) is 2.60. The Morgan fingerprint density at radius 1 is 1.67 bits per heavy atom. The van der Waals surface area contributed by atoms with E-state index in [-0.39, 0.29) is 0 Å². The van der Waals surface area contributed by atoms with Crippen LogP contribution in [0.1, 0.15) is 13.8 Å². The fourth-order valence-electron chi connectivity index (χ4n) is 0.149. The summed E-state index contributed by atoms with van der Waals surface area (Å²) in [4.78, 5) is 0. The van der Waals surface area contributed by atoms with Crippen molar-refractivity contribution in [1.29, 1.82) is 0 Å². The summed E-state index contributed by atoms with van der Waals surface area (Å²) in [6, 6.07) is 0. The van der Waals surface area contributed by atoms with Gasteiger partial charge in [-0.1, -0.05) is 0 Å². The van der Waals surface area contributed by atoms with Gasteiger partial charge in [0.05, 0.1) is 0 Å². The van der Waals surface area contributed by atoms with Gasteiger partial charge in [0, 0.05) is 0 Å². The van der Waals surface area contributed by atoms with E-state index in [2.05, 4.69) is 31.6 Å². The Balaban J connectivity index is 2.63. The van der Waals surface area contributed by atoms with E-state index >= 15 is 0 Å². The van der Waals surface area contributed by atoms with Crippen molar-refractivity contribution in [2.45, 2.75) is 13.8 Å². The Bertz CT molecular complexity index is 28.7. The Labute approximate surface area is 48.4 Å². The van der Waals surface area contributed by atoms with E-state index in [1.807, 2.05) is 0 Å². The number of rotatable bonds is 2.